The zero-order chi connectivity index (χ0) is 24.8. The van der Waals surface area contributed by atoms with E-state index in [-0.39, 0.29) is 5.91 Å². The van der Waals surface area contributed by atoms with Crippen LogP contribution in [0.1, 0.15) is 68.9 Å². The Morgan fingerprint density at radius 1 is 1.14 bits per heavy atom. The number of aryl methyl sites for hydroxylation is 1. The van der Waals surface area contributed by atoms with Gasteiger partial charge in [-0.25, -0.2) is 0 Å². The molecule has 6 heterocycles. The van der Waals surface area contributed by atoms with Crippen molar-refractivity contribution >= 4 is 17.4 Å². The maximum atomic E-state index is 12.3. The van der Waals surface area contributed by atoms with E-state index in [9.17, 15) is 4.79 Å². The number of rotatable bonds is 4. The van der Waals surface area contributed by atoms with Crippen LogP contribution in [0.5, 0.6) is 0 Å². The maximum Gasteiger partial charge on any atom is 0.219 e. The molecule has 0 radical (unpaired) electrons. The number of carbonyl (C=O) groups is 1. The van der Waals surface area contributed by atoms with Gasteiger partial charge in [0.15, 0.2) is 5.82 Å². The SMILES string of the molecule is CC(=O)N1CCc2c(c(N3CCCc4cc(-c5cnn(C(C)C)c5)ncc43)nn2C2CCOCC2)C1. The topological polar surface area (TPSA) is 81.3 Å². The van der Waals surface area contributed by atoms with Gasteiger partial charge in [0.25, 0.3) is 0 Å². The van der Waals surface area contributed by atoms with Gasteiger partial charge in [-0.3, -0.25) is 19.1 Å². The zero-order valence-corrected chi connectivity index (χ0v) is 21.5. The molecule has 0 bridgehead atoms. The molecule has 3 aromatic heterocycles. The summed E-state index contributed by atoms with van der Waals surface area (Å²) in [7, 11) is 0. The van der Waals surface area contributed by atoms with Crippen molar-refractivity contribution in [3.63, 3.8) is 0 Å². The summed E-state index contributed by atoms with van der Waals surface area (Å²) in [6.45, 7) is 9.75. The largest absolute Gasteiger partial charge is 0.381 e. The average molecular weight is 490 g/mol. The Bertz CT molecular complexity index is 1270. The Morgan fingerprint density at radius 2 is 1.97 bits per heavy atom. The zero-order valence-electron chi connectivity index (χ0n) is 21.5. The van der Waals surface area contributed by atoms with E-state index in [1.54, 1.807) is 6.92 Å². The van der Waals surface area contributed by atoms with Crippen LogP contribution in [0.25, 0.3) is 11.3 Å². The lowest BCUT2D eigenvalue weighted by molar-refractivity contribution is -0.129. The molecule has 9 heteroatoms. The smallest absolute Gasteiger partial charge is 0.219 e. The van der Waals surface area contributed by atoms with Crippen molar-refractivity contribution in [3.05, 3.63) is 41.5 Å². The summed E-state index contributed by atoms with van der Waals surface area (Å²) in [5.41, 5.74) is 6.89. The summed E-state index contributed by atoms with van der Waals surface area (Å²) in [5, 5.41) is 9.74. The van der Waals surface area contributed by atoms with Crippen molar-refractivity contribution in [3.8, 4) is 11.3 Å². The van der Waals surface area contributed by atoms with Gasteiger partial charge in [-0.15, -0.1) is 0 Å². The minimum Gasteiger partial charge on any atom is -0.381 e. The average Bonchev–Trinajstić information content (AvgIpc) is 3.54. The lowest BCUT2D eigenvalue weighted by Crippen LogP contribution is -2.36. The van der Waals surface area contributed by atoms with Gasteiger partial charge in [0.2, 0.25) is 5.91 Å². The van der Waals surface area contributed by atoms with Gasteiger partial charge < -0.3 is 14.5 Å². The standard InChI is InChI=1S/C27H35N7O2/c1-18(2)33-16-21(14-29-33)24-13-20-5-4-9-32(26(20)15-28-24)27-23-17-31(19(3)35)10-6-25(23)34(30-27)22-7-11-36-12-8-22/h13-16,18,22H,4-12,17H2,1-3H3. The van der Waals surface area contributed by atoms with Gasteiger partial charge in [-0.05, 0) is 51.2 Å². The number of hydrogen-bond donors (Lipinski definition) is 0. The normalized spacial score (nSPS) is 18.4. The van der Waals surface area contributed by atoms with E-state index < -0.39 is 0 Å². The number of nitrogens with zero attached hydrogens (tertiary/aromatic N) is 7. The minimum atomic E-state index is 0.123. The third-order valence-electron chi connectivity index (χ3n) is 7.81. The van der Waals surface area contributed by atoms with Gasteiger partial charge in [0.1, 0.15) is 0 Å². The number of anilines is 2. The third kappa shape index (κ3) is 4.09. The molecule has 0 aliphatic carbocycles. The van der Waals surface area contributed by atoms with Crippen LogP contribution in [0.4, 0.5) is 11.5 Å². The molecule has 1 saturated heterocycles. The molecule has 3 aromatic rings. The molecule has 0 aromatic carbocycles. The Morgan fingerprint density at radius 3 is 2.72 bits per heavy atom. The highest BCUT2D eigenvalue weighted by molar-refractivity contribution is 5.75. The fraction of sp³-hybridized carbons (Fsp3) is 0.556. The Kier molecular flexibility index (Phi) is 6.03. The molecule has 0 N–H and O–H groups in total. The quantitative estimate of drug-likeness (QED) is 0.550. The fourth-order valence-corrected chi connectivity index (χ4v) is 5.76. The van der Waals surface area contributed by atoms with E-state index in [0.717, 1.165) is 81.2 Å². The van der Waals surface area contributed by atoms with Crippen molar-refractivity contribution in [2.24, 2.45) is 0 Å². The number of hydrogen-bond acceptors (Lipinski definition) is 6. The van der Waals surface area contributed by atoms with Crippen molar-refractivity contribution in [1.82, 2.24) is 29.4 Å². The van der Waals surface area contributed by atoms with E-state index in [1.807, 2.05) is 22.0 Å². The lowest BCUT2D eigenvalue weighted by Gasteiger charge is -2.32. The van der Waals surface area contributed by atoms with Crippen LogP contribution in [-0.4, -0.2) is 61.7 Å². The van der Waals surface area contributed by atoms with E-state index >= 15 is 0 Å². The number of pyridine rings is 1. The third-order valence-corrected chi connectivity index (χ3v) is 7.81. The number of aromatic nitrogens is 5. The van der Waals surface area contributed by atoms with Gasteiger partial charge in [-0.2, -0.15) is 10.2 Å². The molecule has 36 heavy (non-hydrogen) atoms. The van der Waals surface area contributed by atoms with Crippen molar-refractivity contribution in [2.45, 2.75) is 71.5 Å². The lowest BCUT2D eigenvalue weighted by atomic mass is 10.00. The van der Waals surface area contributed by atoms with Crippen LogP contribution in [0, 0.1) is 0 Å². The first kappa shape index (κ1) is 23.2. The van der Waals surface area contributed by atoms with Gasteiger partial charge in [0.05, 0.1) is 36.4 Å². The van der Waals surface area contributed by atoms with Crippen LogP contribution < -0.4 is 4.90 Å². The van der Waals surface area contributed by atoms with Gasteiger partial charge in [0, 0.05) is 68.7 Å². The van der Waals surface area contributed by atoms with Crippen molar-refractivity contribution in [2.75, 3.05) is 31.2 Å². The number of amides is 1. The molecular weight excluding hydrogens is 454 g/mol. The maximum absolute atomic E-state index is 12.3. The molecule has 3 aliphatic heterocycles. The first-order valence-corrected chi connectivity index (χ1v) is 13.2. The molecule has 6 rings (SSSR count). The Hall–Kier alpha value is -3.20. The highest BCUT2D eigenvalue weighted by atomic mass is 16.5. The summed E-state index contributed by atoms with van der Waals surface area (Å²) in [5.74, 6) is 1.11. The molecule has 190 valence electrons. The number of ether oxygens (including phenoxy) is 1. The van der Waals surface area contributed by atoms with Crippen molar-refractivity contribution < 1.29 is 9.53 Å². The Balaban J connectivity index is 1.39. The fourth-order valence-electron chi connectivity index (χ4n) is 5.76. The Labute approximate surface area is 212 Å². The first-order chi connectivity index (χ1) is 17.5. The summed E-state index contributed by atoms with van der Waals surface area (Å²) in [6.07, 6.45) is 10.9. The predicted octanol–water partition coefficient (Wildman–Crippen LogP) is 4.06. The first-order valence-electron chi connectivity index (χ1n) is 13.2. The summed E-state index contributed by atoms with van der Waals surface area (Å²) in [6, 6.07) is 2.89. The number of carbonyl (C=O) groups excluding carboxylic acids is 1. The summed E-state index contributed by atoms with van der Waals surface area (Å²) in [4.78, 5) is 21.4. The van der Waals surface area contributed by atoms with E-state index in [0.29, 0.717) is 18.6 Å². The van der Waals surface area contributed by atoms with Gasteiger partial charge >= 0.3 is 0 Å². The second kappa shape index (κ2) is 9.35. The molecule has 3 aliphatic rings. The molecule has 9 nitrogen and oxygen atoms in total. The van der Waals surface area contributed by atoms with Crippen molar-refractivity contribution in [1.29, 1.82) is 0 Å². The van der Waals surface area contributed by atoms with Crippen LogP contribution in [0.3, 0.4) is 0 Å². The van der Waals surface area contributed by atoms with Crippen LogP contribution in [0.2, 0.25) is 0 Å². The van der Waals surface area contributed by atoms with Gasteiger partial charge in [-0.1, -0.05) is 0 Å². The molecular formula is C27H35N7O2. The summed E-state index contributed by atoms with van der Waals surface area (Å²) < 4.78 is 9.86. The highest BCUT2D eigenvalue weighted by Crippen LogP contribution is 2.40. The predicted molar refractivity (Wildman–Crippen MR) is 137 cm³/mol. The molecule has 1 amide bonds. The second-order valence-corrected chi connectivity index (χ2v) is 10.5. The monoisotopic (exact) mass is 489 g/mol. The summed E-state index contributed by atoms with van der Waals surface area (Å²) >= 11 is 0. The molecule has 0 atom stereocenters. The van der Waals surface area contributed by atoms with Crippen LogP contribution in [0.15, 0.2) is 24.7 Å². The van der Waals surface area contributed by atoms with Crippen LogP contribution >= 0.6 is 0 Å². The minimum absolute atomic E-state index is 0.123. The van der Waals surface area contributed by atoms with E-state index in [4.69, 9.17) is 14.8 Å². The van der Waals surface area contributed by atoms with E-state index in [2.05, 4.69) is 40.8 Å². The van der Waals surface area contributed by atoms with E-state index in [1.165, 1.54) is 16.8 Å². The number of fused-ring (bicyclic) bond motifs is 2. The molecule has 1 fully saturated rings. The molecule has 0 spiro atoms. The highest BCUT2D eigenvalue weighted by Gasteiger charge is 2.33. The molecule has 0 unspecified atom stereocenters. The second-order valence-electron chi connectivity index (χ2n) is 10.5. The van der Waals surface area contributed by atoms with Crippen LogP contribution in [-0.2, 0) is 28.9 Å². The molecule has 0 saturated carbocycles.